The van der Waals surface area contributed by atoms with E-state index in [4.69, 9.17) is 4.74 Å². The topological polar surface area (TPSA) is 47.4 Å². The number of hydrogen-bond acceptors (Lipinski definition) is 3. The molecule has 0 bridgehead atoms. The summed E-state index contributed by atoms with van der Waals surface area (Å²) in [5.74, 6) is 0.722. The summed E-state index contributed by atoms with van der Waals surface area (Å²) in [5, 5.41) is 4.60. The van der Waals surface area contributed by atoms with Crippen LogP contribution in [0.4, 0.5) is 0 Å². The lowest BCUT2D eigenvalue weighted by Gasteiger charge is -2.35. The van der Waals surface area contributed by atoms with Crippen LogP contribution in [0.25, 0.3) is 0 Å². The highest BCUT2D eigenvalue weighted by atomic mass is 16.5. The summed E-state index contributed by atoms with van der Waals surface area (Å²) in [6.07, 6.45) is 0.659. The average Bonchev–Trinajstić information content (AvgIpc) is 2.64. The maximum Gasteiger partial charge on any atom is 0.227 e. The van der Waals surface area contributed by atoms with E-state index in [2.05, 4.69) is 25.9 Å². The van der Waals surface area contributed by atoms with Gasteiger partial charge in [0.25, 0.3) is 0 Å². The molecule has 1 aliphatic heterocycles. The Morgan fingerprint density at radius 3 is 2.41 bits per heavy atom. The van der Waals surface area contributed by atoms with Gasteiger partial charge in [0.2, 0.25) is 5.91 Å². The van der Waals surface area contributed by atoms with Crippen LogP contribution in [0.3, 0.4) is 0 Å². The zero-order valence-corrected chi connectivity index (χ0v) is 14.7. The van der Waals surface area contributed by atoms with Gasteiger partial charge >= 0.3 is 0 Å². The average molecular weight is 307 g/mol. The third-order valence-electron chi connectivity index (χ3n) is 4.17. The van der Waals surface area contributed by atoms with Crippen LogP contribution in [-0.4, -0.2) is 45.9 Å². The molecule has 2 rings (SSSR count). The van der Waals surface area contributed by atoms with E-state index >= 15 is 0 Å². The van der Waals surface area contributed by atoms with Crippen molar-refractivity contribution in [1.82, 2.24) is 14.7 Å². The molecular formula is C17H29N3O2. The first-order valence-electron chi connectivity index (χ1n) is 8.24. The summed E-state index contributed by atoms with van der Waals surface area (Å²) in [6, 6.07) is 0. The van der Waals surface area contributed by atoms with Crippen LogP contribution in [0.1, 0.15) is 44.6 Å². The molecule has 22 heavy (non-hydrogen) atoms. The van der Waals surface area contributed by atoms with Gasteiger partial charge in [-0.1, -0.05) is 13.8 Å². The minimum atomic E-state index is 0.110. The van der Waals surface area contributed by atoms with Crippen molar-refractivity contribution >= 4 is 5.91 Å². The van der Waals surface area contributed by atoms with Crippen molar-refractivity contribution in [1.29, 1.82) is 0 Å². The van der Waals surface area contributed by atoms with E-state index in [1.165, 1.54) is 0 Å². The number of morpholine rings is 1. The van der Waals surface area contributed by atoms with E-state index < -0.39 is 0 Å². The second-order valence-electron chi connectivity index (χ2n) is 6.96. The Labute approximate surface area is 133 Å². The number of aryl methyl sites for hydroxylation is 1. The predicted octanol–water partition coefficient (Wildman–Crippen LogP) is 2.33. The van der Waals surface area contributed by atoms with Crippen molar-refractivity contribution in [3.8, 4) is 0 Å². The second-order valence-corrected chi connectivity index (χ2v) is 6.96. The lowest BCUT2D eigenvalue weighted by molar-refractivity contribution is -0.142. The molecular weight excluding hydrogens is 278 g/mol. The number of amides is 1. The van der Waals surface area contributed by atoms with E-state index in [0.717, 1.165) is 23.5 Å². The van der Waals surface area contributed by atoms with Gasteiger partial charge in [0.15, 0.2) is 0 Å². The van der Waals surface area contributed by atoms with Gasteiger partial charge in [-0.25, -0.2) is 0 Å². The van der Waals surface area contributed by atoms with Gasteiger partial charge in [-0.3, -0.25) is 9.48 Å². The fourth-order valence-corrected chi connectivity index (χ4v) is 3.16. The molecule has 0 saturated carbocycles. The first kappa shape index (κ1) is 17.0. The zero-order valence-electron chi connectivity index (χ0n) is 14.7. The predicted molar refractivity (Wildman–Crippen MR) is 86.8 cm³/mol. The summed E-state index contributed by atoms with van der Waals surface area (Å²) in [6.45, 7) is 14.7. The number of carbonyl (C=O) groups excluding carboxylic acids is 1. The number of carbonyl (C=O) groups is 1. The lowest BCUT2D eigenvalue weighted by Crippen LogP contribution is -2.48. The SMILES string of the molecule is Cc1nn(CC(C)C)c(C)c1CC(=O)N1C[C@H](C)O[C@@H](C)C1. The fourth-order valence-electron chi connectivity index (χ4n) is 3.16. The normalized spacial score (nSPS) is 22.4. The van der Waals surface area contributed by atoms with Crippen LogP contribution >= 0.6 is 0 Å². The van der Waals surface area contributed by atoms with E-state index in [0.29, 0.717) is 25.4 Å². The highest BCUT2D eigenvalue weighted by molar-refractivity contribution is 5.79. The number of nitrogens with zero attached hydrogens (tertiary/aromatic N) is 3. The molecule has 1 amide bonds. The summed E-state index contributed by atoms with van der Waals surface area (Å²) in [4.78, 5) is 14.6. The van der Waals surface area contributed by atoms with Crippen molar-refractivity contribution in [3.05, 3.63) is 17.0 Å². The Morgan fingerprint density at radius 1 is 1.27 bits per heavy atom. The van der Waals surface area contributed by atoms with Crippen LogP contribution < -0.4 is 0 Å². The van der Waals surface area contributed by atoms with Gasteiger partial charge < -0.3 is 9.64 Å². The number of aromatic nitrogens is 2. The maximum absolute atomic E-state index is 12.6. The fraction of sp³-hybridized carbons (Fsp3) is 0.765. The van der Waals surface area contributed by atoms with Gasteiger partial charge in [0, 0.05) is 30.9 Å². The highest BCUT2D eigenvalue weighted by Crippen LogP contribution is 2.18. The Balaban J connectivity index is 2.10. The Bertz CT molecular complexity index is 526. The largest absolute Gasteiger partial charge is 0.372 e. The summed E-state index contributed by atoms with van der Waals surface area (Å²) >= 11 is 0. The van der Waals surface area contributed by atoms with Crippen molar-refractivity contribution in [2.75, 3.05) is 13.1 Å². The standard InChI is InChI=1S/C17H29N3O2/c1-11(2)8-20-15(6)16(14(5)18-20)7-17(21)19-9-12(3)22-13(4)10-19/h11-13H,7-10H2,1-6H3/t12-,13-/m0/s1. The van der Waals surface area contributed by atoms with E-state index in [-0.39, 0.29) is 18.1 Å². The van der Waals surface area contributed by atoms with Crippen LogP contribution in [0.2, 0.25) is 0 Å². The first-order valence-corrected chi connectivity index (χ1v) is 8.24. The molecule has 1 aromatic heterocycles. The molecule has 1 saturated heterocycles. The summed E-state index contributed by atoms with van der Waals surface area (Å²) < 4.78 is 7.74. The molecule has 0 aromatic carbocycles. The van der Waals surface area contributed by atoms with Crippen molar-refractivity contribution in [2.24, 2.45) is 5.92 Å². The molecule has 1 fully saturated rings. The molecule has 1 aliphatic rings. The lowest BCUT2D eigenvalue weighted by atomic mass is 10.1. The molecule has 1 aromatic rings. The molecule has 0 N–H and O–H groups in total. The molecule has 5 nitrogen and oxygen atoms in total. The van der Waals surface area contributed by atoms with Gasteiger partial charge in [-0.15, -0.1) is 0 Å². The van der Waals surface area contributed by atoms with E-state index in [1.807, 2.05) is 30.4 Å². The molecule has 124 valence electrons. The van der Waals surface area contributed by atoms with E-state index in [1.54, 1.807) is 0 Å². The molecule has 0 unspecified atom stereocenters. The Kier molecular flexibility index (Phi) is 5.27. The molecule has 2 atom stereocenters. The number of ether oxygens (including phenoxy) is 1. The highest BCUT2D eigenvalue weighted by Gasteiger charge is 2.27. The van der Waals surface area contributed by atoms with Gasteiger partial charge in [-0.05, 0) is 33.6 Å². The smallest absolute Gasteiger partial charge is 0.227 e. The van der Waals surface area contributed by atoms with Crippen LogP contribution in [0, 0.1) is 19.8 Å². The minimum absolute atomic E-state index is 0.110. The van der Waals surface area contributed by atoms with Gasteiger partial charge in [-0.2, -0.15) is 5.10 Å². The maximum atomic E-state index is 12.6. The van der Waals surface area contributed by atoms with Crippen LogP contribution in [0.5, 0.6) is 0 Å². The van der Waals surface area contributed by atoms with Crippen molar-refractivity contribution in [2.45, 2.75) is 66.7 Å². The third kappa shape index (κ3) is 3.88. The van der Waals surface area contributed by atoms with Crippen molar-refractivity contribution < 1.29 is 9.53 Å². The molecule has 0 radical (unpaired) electrons. The molecule has 0 aliphatic carbocycles. The summed E-state index contributed by atoms with van der Waals surface area (Å²) in [5.41, 5.74) is 3.17. The van der Waals surface area contributed by atoms with Crippen LogP contribution in [-0.2, 0) is 22.5 Å². The monoisotopic (exact) mass is 307 g/mol. The molecule has 5 heteroatoms. The van der Waals surface area contributed by atoms with Gasteiger partial charge in [0.05, 0.1) is 24.3 Å². The number of rotatable bonds is 4. The second kappa shape index (κ2) is 6.82. The van der Waals surface area contributed by atoms with Crippen LogP contribution in [0.15, 0.2) is 0 Å². The Morgan fingerprint density at radius 2 is 1.86 bits per heavy atom. The first-order chi connectivity index (χ1) is 10.3. The Hall–Kier alpha value is -1.36. The summed E-state index contributed by atoms with van der Waals surface area (Å²) in [7, 11) is 0. The third-order valence-corrected chi connectivity index (χ3v) is 4.17. The minimum Gasteiger partial charge on any atom is -0.372 e. The molecule has 0 spiro atoms. The van der Waals surface area contributed by atoms with Gasteiger partial charge in [0.1, 0.15) is 0 Å². The quantitative estimate of drug-likeness (QED) is 0.858. The zero-order chi connectivity index (χ0) is 16.4. The van der Waals surface area contributed by atoms with Crippen molar-refractivity contribution in [3.63, 3.8) is 0 Å². The number of hydrogen-bond donors (Lipinski definition) is 0. The molecule has 2 heterocycles. The van der Waals surface area contributed by atoms with E-state index in [9.17, 15) is 4.79 Å².